The van der Waals surface area contributed by atoms with Gasteiger partial charge < -0.3 is 24.4 Å². The zero-order valence-corrected chi connectivity index (χ0v) is 20.4. The maximum atomic E-state index is 13.3. The summed E-state index contributed by atoms with van der Waals surface area (Å²) in [7, 11) is 1.43. The van der Waals surface area contributed by atoms with Gasteiger partial charge in [0.1, 0.15) is 22.8 Å². The molecular formula is C28H30O8. The van der Waals surface area contributed by atoms with E-state index in [1.54, 1.807) is 31.2 Å². The summed E-state index contributed by atoms with van der Waals surface area (Å²) >= 11 is 0. The largest absolute Gasteiger partial charge is 0.507 e. The molecule has 0 bridgehead atoms. The molecule has 36 heavy (non-hydrogen) atoms. The Labute approximate surface area is 209 Å². The van der Waals surface area contributed by atoms with Crippen LogP contribution in [0.15, 0.2) is 30.3 Å². The summed E-state index contributed by atoms with van der Waals surface area (Å²) < 4.78 is 16.2. The number of ketones is 1. The minimum absolute atomic E-state index is 0.00864. The summed E-state index contributed by atoms with van der Waals surface area (Å²) in [6.45, 7) is 1.75. The Kier molecular flexibility index (Phi) is 7.62. The van der Waals surface area contributed by atoms with Gasteiger partial charge in [-0.15, -0.1) is 0 Å². The molecule has 0 amide bonds. The molecule has 0 fully saturated rings. The van der Waals surface area contributed by atoms with Crippen LogP contribution in [0.1, 0.15) is 84.8 Å². The van der Waals surface area contributed by atoms with E-state index in [1.165, 1.54) is 13.2 Å². The molecule has 2 N–H and O–H groups in total. The van der Waals surface area contributed by atoms with Crippen LogP contribution < -0.4 is 9.47 Å². The van der Waals surface area contributed by atoms with E-state index in [0.717, 1.165) is 0 Å². The second-order valence-corrected chi connectivity index (χ2v) is 9.20. The number of aromatic hydroxyl groups is 2. The SMILES string of the molecule is COc1ccc(C2CC(=O)Oc3cc4c(c(O)c32)C(=O)O[C@@H](C)CCCC(=O)CCCC=C4)cc1O. The number of carbonyl (C=O) groups excluding carboxylic acids is 3. The second kappa shape index (κ2) is 10.8. The van der Waals surface area contributed by atoms with Crippen LogP contribution in [-0.2, 0) is 14.3 Å². The molecule has 1 unspecified atom stereocenters. The molecule has 0 radical (unpaired) electrons. The quantitative estimate of drug-likeness (QED) is 0.441. The predicted molar refractivity (Wildman–Crippen MR) is 131 cm³/mol. The molecule has 2 aliphatic heterocycles. The van der Waals surface area contributed by atoms with Crippen molar-refractivity contribution in [2.24, 2.45) is 0 Å². The number of fused-ring (bicyclic) bond motifs is 2. The number of carbonyl (C=O) groups is 3. The first-order valence-corrected chi connectivity index (χ1v) is 12.1. The average molecular weight is 495 g/mol. The van der Waals surface area contributed by atoms with Gasteiger partial charge in [0.15, 0.2) is 11.5 Å². The Balaban J connectivity index is 1.81. The molecule has 190 valence electrons. The highest BCUT2D eigenvalue weighted by Crippen LogP contribution is 2.48. The van der Waals surface area contributed by atoms with Gasteiger partial charge in [-0.2, -0.15) is 0 Å². The standard InChI is InChI=1S/C28H30O8/c1-16-7-6-10-19(29)9-5-3-4-8-18-14-23-26(27(32)25(18)28(33)35-16)20(15-24(31)36-23)17-11-12-22(34-2)21(30)13-17/h4,8,11-14,16,20,30,32H,3,5-7,9-10,15H2,1-2H3/t16-,20?/m0/s1. The molecule has 0 aliphatic carbocycles. The Morgan fingerprint density at radius 2 is 1.83 bits per heavy atom. The van der Waals surface area contributed by atoms with Gasteiger partial charge in [-0.05, 0) is 61.9 Å². The first kappa shape index (κ1) is 25.3. The fourth-order valence-electron chi connectivity index (χ4n) is 4.73. The van der Waals surface area contributed by atoms with E-state index in [9.17, 15) is 24.6 Å². The zero-order valence-electron chi connectivity index (χ0n) is 20.4. The van der Waals surface area contributed by atoms with Crippen molar-refractivity contribution >= 4 is 23.8 Å². The van der Waals surface area contributed by atoms with Crippen LogP contribution in [0.5, 0.6) is 23.0 Å². The lowest BCUT2D eigenvalue weighted by Gasteiger charge is -2.28. The summed E-state index contributed by atoms with van der Waals surface area (Å²) in [5.74, 6) is -1.67. The number of benzene rings is 2. The van der Waals surface area contributed by atoms with E-state index in [4.69, 9.17) is 14.2 Å². The number of phenolic OH excluding ortho intramolecular Hbond substituents is 2. The van der Waals surface area contributed by atoms with Gasteiger partial charge in [-0.3, -0.25) is 9.59 Å². The lowest BCUT2D eigenvalue weighted by Crippen LogP contribution is -2.23. The highest BCUT2D eigenvalue weighted by molar-refractivity contribution is 5.98. The monoisotopic (exact) mass is 494 g/mol. The molecule has 4 rings (SSSR count). The van der Waals surface area contributed by atoms with E-state index in [1.807, 2.05) is 6.08 Å². The van der Waals surface area contributed by atoms with Crippen LogP contribution >= 0.6 is 0 Å². The minimum Gasteiger partial charge on any atom is -0.507 e. The number of ether oxygens (including phenoxy) is 3. The van der Waals surface area contributed by atoms with E-state index in [-0.39, 0.29) is 46.3 Å². The molecule has 8 nitrogen and oxygen atoms in total. The summed E-state index contributed by atoms with van der Waals surface area (Å²) in [5, 5.41) is 21.7. The Morgan fingerprint density at radius 3 is 2.58 bits per heavy atom. The van der Waals surface area contributed by atoms with Crippen molar-refractivity contribution in [1.29, 1.82) is 0 Å². The third-order valence-electron chi connectivity index (χ3n) is 6.58. The van der Waals surface area contributed by atoms with Crippen LogP contribution in [0.3, 0.4) is 0 Å². The molecule has 0 saturated carbocycles. The van der Waals surface area contributed by atoms with Crippen molar-refractivity contribution in [3.8, 4) is 23.0 Å². The van der Waals surface area contributed by atoms with E-state index >= 15 is 0 Å². The maximum Gasteiger partial charge on any atom is 0.342 e. The van der Waals surface area contributed by atoms with Crippen molar-refractivity contribution in [1.82, 2.24) is 0 Å². The molecule has 2 aromatic carbocycles. The molecule has 8 heteroatoms. The van der Waals surface area contributed by atoms with Gasteiger partial charge in [-0.25, -0.2) is 4.79 Å². The molecule has 2 aromatic rings. The van der Waals surface area contributed by atoms with Gasteiger partial charge in [0.2, 0.25) is 0 Å². The van der Waals surface area contributed by atoms with Gasteiger partial charge >= 0.3 is 11.9 Å². The first-order valence-electron chi connectivity index (χ1n) is 12.1. The molecular weight excluding hydrogens is 464 g/mol. The molecule has 2 aliphatic rings. The van der Waals surface area contributed by atoms with Gasteiger partial charge in [0, 0.05) is 24.3 Å². The number of cyclic esters (lactones) is 1. The number of hydrogen-bond acceptors (Lipinski definition) is 8. The van der Waals surface area contributed by atoms with Crippen molar-refractivity contribution in [3.63, 3.8) is 0 Å². The molecule has 2 atom stereocenters. The fraction of sp³-hybridized carbons (Fsp3) is 0.393. The number of allylic oxidation sites excluding steroid dienone is 1. The normalized spacial score (nSPS) is 21.0. The third-order valence-corrected chi connectivity index (χ3v) is 6.58. The smallest absolute Gasteiger partial charge is 0.342 e. The van der Waals surface area contributed by atoms with E-state index in [2.05, 4.69) is 0 Å². The first-order chi connectivity index (χ1) is 17.3. The lowest BCUT2D eigenvalue weighted by molar-refractivity contribution is -0.135. The third kappa shape index (κ3) is 5.37. The molecule has 0 aromatic heterocycles. The Hall–Kier alpha value is -3.81. The van der Waals surface area contributed by atoms with Crippen LogP contribution in [0.4, 0.5) is 0 Å². The highest BCUT2D eigenvalue weighted by Gasteiger charge is 2.35. The van der Waals surface area contributed by atoms with Crippen molar-refractivity contribution in [2.75, 3.05) is 7.11 Å². The number of phenols is 2. The average Bonchev–Trinajstić information content (AvgIpc) is 2.82. The number of rotatable bonds is 2. The van der Waals surface area contributed by atoms with Crippen LogP contribution in [0.25, 0.3) is 6.08 Å². The van der Waals surface area contributed by atoms with Gasteiger partial charge in [0.05, 0.1) is 19.6 Å². The van der Waals surface area contributed by atoms with E-state index in [0.29, 0.717) is 49.7 Å². The van der Waals surface area contributed by atoms with Gasteiger partial charge in [0.25, 0.3) is 0 Å². The summed E-state index contributed by atoms with van der Waals surface area (Å²) in [4.78, 5) is 37.8. The molecule has 0 spiro atoms. The molecule has 0 saturated heterocycles. The maximum absolute atomic E-state index is 13.3. The Morgan fingerprint density at radius 1 is 1.06 bits per heavy atom. The fourth-order valence-corrected chi connectivity index (χ4v) is 4.73. The number of hydrogen-bond donors (Lipinski definition) is 2. The molecule has 2 heterocycles. The second-order valence-electron chi connectivity index (χ2n) is 9.20. The van der Waals surface area contributed by atoms with Crippen LogP contribution in [0, 0.1) is 0 Å². The highest BCUT2D eigenvalue weighted by atomic mass is 16.5. The van der Waals surface area contributed by atoms with Crippen molar-refractivity contribution in [2.45, 2.75) is 63.9 Å². The van der Waals surface area contributed by atoms with Gasteiger partial charge in [-0.1, -0.05) is 18.2 Å². The topological polar surface area (TPSA) is 119 Å². The summed E-state index contributed by atoms with van der Waals surface area (Å²) in [6.07, 6.45) is 6.33. The van der Waals surface area contributed by atoms with E-state index < -0.39 is 24.0 Å². The zero-order chi connectivity index (χ0) is 25.8. The number of esters is 2. The minimum atomic E-state index is -0.695. The lowest BCUT2D eigenvalue weighted by atomic mass is 9.83. The van der Waals surface area contributed by atoms with Crippen LogP contribution in [-0.4, -0.2) is 41.1 Å². The predicted octanol–water partition coefficient (Wildman–Crippen LogP) is 5.03. The van der Waals surface area contributed by atoms with Crippen molar-refractivity contribution < 1.29 is 38.8 Å². The summed E-state index contributed by atoms with van der Waals surface area (Å²) in [5.41, 5.74) is 1.19. The number of Topliss-reactive ketones (excluding diaryl/α,β-unsaturated/α-hetero) is 1. The Bertz CT molecular complexity index is 1210. The van der Waals surface area contributed by atoms with Crippen molar-refractivity contribution in [3.05, 3.63) is 52.6 Å². The van der Waals surface area contributed by atoms with Crippen LogP contribution in [0.2, 0.25) is 0 Å². The number of methoxy groups -OCH3 is 1. The summed E-state index contributed by atoms with van der Waals surface area (Å²) in [6, 6.07) is 6.29.